The molecule has 1 amide bonds. The van der Waals surface area contributed by atoms with Gasteiger partial charge in [-0.3, -0.25) is 4.79 Å². The quantitative estimate of drug-likeness (QED) is 0.672. The van der Waals surface area contributed by atoms with Crippen LogP contribution < -0.4 is 4.90 Å². The Morgan fingerprint density at radius 2 is 2.27 bits per heavy atom. The van der Waals surface area contributed by atoms with Gasteiger partial charge in [0, 0.05) is 12.7 Å². The van der Waals surface area contributed by atoms with Crippen LogP contribution in [0.3, 0.4) is 0 Å². The summed E-state index contributed by atoms with van der Waals surface area (Å²) in [6.07, 6.45) is 4.77. The van der Waals surface area contributed by atoms with Gasteiger partial charge in [-0.1, -0.05) is 18.7 Å². The fourth-order valence-electron chi connectivity index (χ4n) is 2.17. The van der Waals surface area contributed by atoms with E-state index in [1.807, 2.05) is 12.1 Å². The number of aryl methyl sites for hydroxylation is 1. The summed E-state index contributed by atoms with van der Waals surface area (Å²) >= 11 is 0. The second-order valence-electron chi connectivity index (χ2n) is 3.87. The summed E-state index contributed by atoms with van der Waals surface area (Å²) < 4.78 is 0. The molecule has 0 aromatic heterocycles. The summed E-state index contributed by atoms with van der Waals surface area (Å²) in [5.74, 6) is -0.0460. The highest BCUT2D eigenvalue weighted by Crippen LogP contribution is 2.30. The van der Waals surface area contributed by atoms with Gasteiger partial charge in [-0.05, 0) is 42.5 Å². The molecule has 1 aromatic carbocycles. The van der Waals surface area contributed by atoms with Crippen molar-refractivity contribution in [3.8, 4) is 0 Å². The molecule has 0 heterocycles. The standard InChI is InChI=1S/C13H15NO/c1-3-13(15)14(2)12-9-5-7-10-6-4-8-11(10)12/h3,5,7,9H,1,4,6,8H2,2H3. The molecule has 0 fully saturated rings. The smallest absolute Gasteiger partial charge is 0.250 e. The van der Waals surface area contributed by atoms with E-state index < -0.39 is 0 Å². The van der Waals surface area contributed by atoms with Gasteiger partial charge in [0.2, 0.25) is 5.91 Å². The lowest BCUT2D eigenvalue weighted by atomic mass is 10.1. The SMILES string of the molecule is C=CC(=O)N(C)c1cccc2c1CCC2. The predicted octanol–water partition coefficient (Wildman–Crippen LogP) is 2.32. The zero-order valence-electron chi connectivity index (χ0n) is 8.99. The molecule has 0 spiro atoms. The molecule has 0 bridgehead atoms. The first-order chi connectivity index (χ1) is 7.24. The maximum absolute atomic E-state index is 11.5. The number of nitrogens with zero attached hydrogens (tertiary/aromatic N) is 1. The Labute approximate surface area is 90.2 Å². The van der Waals surface area contributed by atoms with E-state index in [-0.39, 0.29) is 5.91 Å². The first-order valence-corrected chi connectivity index (χ1v) is 5.25. The van der Waals surface area contributed by atoms with Crippen LogP contribution in [-0.2, 0) is 17.6 Å². The Hall–Kier alpha value is -1.57. The predicted molar refractivity (Wildman–Crippen MR) is 62.1 cm³/mol. The van der Waals surface area contributed by atoms with E-state index in [1.165, 1.54) is 23.6 Å². The molecule has 0 atom stereocenters. The van der Waals surface area contributed by atoms with Crippen molar-refractivity contribution < 1.29 is 4.79 Å². The Morgan fingerprint density at radius 3 is 3.00 bits per heavy atom. The number of anilines is 1. The van der Waals surface area contributed by atoms with Crippen LogP contribution in [0.5, 0.6) is 0 Å². The van der Waals surface area contributed by atoms with Gasteiger partial charge < -0.3 is 4.90 Å². The molecule has 2 nitrogen and oxygen atoms in total. The Bertz CT molecular complexity index is 409. The summed E-state index contributed by atoms with van der Waals surface area (Å²) in [4.78, 5) is 13.2. The van der Waals surface area contributed by atoms with Gasteiger partial charge in [0.15, 0.2) is 0 Å². The molecule has 0 saturated carbocycles. The second kappa shape index (κ2) is 3.89. The van der Waals surface area contributed by atoms with Gasteiger partial charge in [0.1, 0.15) is 0 Å². The summed E-state index contributed by atoms with van der Waals surface area (Å²) in [5, 5.41) is 0. The highest BCUT2D eigenvalue weighted by molar-refractivity contribution is 6.01. The first-order valence-electron chi connectivity index (χ1n) is 5.25. The Balaban J connectivity index is 2.40. The molecule has 78 valence electrons. The Kier molecular flexibility index (Phi) is 2.58. The number of fused-ring (bicyclic) bond motifs is 1. The van der Waals surface area contributed by atoms with Gasteiger partial charge in [0.05, 0.1) is 0 Å². The van der Waals surface area contributed by atoms with Crippen molar-refractivity contribution in [3.05, 3.63) is 42.0 Å². The molecule has 0 N–H and O–H groups in total. The van der Waals surface area contributed by atoms with Crippen molar-refractivity contribution >= 4 is 11.6 Å². The monoisotopic (exact) mass is 201 g/mol. The Morgan fingerprint density at radius 1 is 1.47 bits per heavy atom. The number of hydrogen-bond donors (Lipinski definition) is 0. The molecule has 1 aliphatic rings. The van der Waals surface area contributed by atoms with E-state index >= 15 is 0 Å². The fourth-order valence-corrected chi connectivity index (χ4v) is 2.17. The zero-order chi connectivity index (χ0) is 10.8. The van der Waals surface area contributed by atoms with Gasteiger partial charge in [-0.2, -0.15) is 0 Å². The van der Waals surface area contributed by atoms with Gasteiger partial charge in [-0.25, -0.2) is 0 Å². The van der Waals surface area contributed by atoms with Crippen LogP contribution in [0.2, 0.25) is 0 Å². The van der Waals surface area contributed by atoms with E-state index in [0.717, 1.165) is 18.5 Å². The van der Waals surface area contributed by atoms with Crippen LogP contribution in [0.15, 0.2) is 30.9 Å². The van der Waals surface area contributed by atoms with Crippen molar-refractivity contribution in [1.82, 2.24) is 0 Å². The van der Waals surface area contributed by atoms with E-state index in [0.29, 0.717) is 0 Å². The maximum Gasteiger partial charge on any atom is 0.250 e. The lowest BCUT2D eigenvalue weighted by molar-refractivity contribution is -0.113. The third-order valence-electron chi connectivity index (χ3n) is 2.99. The van der Waals surface area contributed by atoms with Crippen molar-refractivity contribution in [2.24, 2.45) is 0 Å². The molecule has 2 heteroatoms. The summed E-state index contributed by atoms with van der Waals surface area (Å²) in [6.45, 7) is 3.51. The summed E-state index contributed by atoms with van der Waals surface area (Å²) in [6, 6.07) is 6.18. The van der Waals surface area contributed by atoms with Crippen LogP contribution in [0.4, 0.5) is 5.69 Å². The molecular weight excluding hydrogens is 186 g/mol. The highest BCUT2D eigenvalue weighted by atomic mass is 16.2. The van der Waals surface area contributed by atoms with Crippen LogP contribution >= 0.6 is 0 Å². The van der Waals surface area contributed by atoms with Gasteiger partial charge in [0.25, 0.3) is 0 Å². The number of likely N-dealkylation sites (N-methyl/N-ethyl adjacent to an activating group) is 1. The number of benzene rings is 1. The summed E-state index contributed by atoms with van der Waals surface area (Å²) in [5.41, 5.74) is 3.75. The average Bonchev–Trinajstić information content (AvgIpc) is 2.74. The van der Waals surface area contributed by atoms with E-state index in [2.05, 4.69) is 12.6 Å². The lowest BCUT2D eigenvalue weighted by Gasteiger charge is -2.18. The normalized spacial score (nSPS) is 13.4. The van der Waals surface area contributed by atoms with Crippen LogP contribution in [0.25, 0.3) is 0 Å². The van der Waals surface area contributed by atoms with Crippen LogP contribution in [0.1, 0.15) is 17.5 Å². The highest BCUT2D eigenvalue weighted by Gasteiger charge is 2.18. The number of carbonyl (C=O) groups is 1. The minimum Gasteiger partial charge on any atom is -0.312 e. The molecule has 0 aliphatic heterocycles. The molecule has 1 aromatic rings. The number of hydrogen-bond acceptors (Lipinski definition) is 1. The van der Waals surface area contributed by atoms with Crippen molar-refractivity contribution in [2.45, 2.75) is 19.3 Å². The molecule has 1 aliphatic carbocycles. The number of rotatable bonds is 2. The first kappa shape index (κ1) is 9.97. The van der Waals surface area contributed by atoms with Crippen molar-refractivity contribution in [1.29, 1.82) is 0 Å². The van der Waals surface area contributed by atoms with E-state index in [4.69, 9.17) is 0 Å². The fraction of sp³-hybridized carbons (Fsp3) is 0.308. The van der Waals surface area contributed by atoms with E-state index in [1.54, 1.807) is 11.9 Å². The molecule has 15 heavy (non-hydrogen) atoms. The van der Waals surface area contributed by atoms with Gasteiger partial charge >= 0.3 is 0 Å². The number of amides is 1. The van der Waals surface area contributed by atoms with Crippen LogP contribution in [-0.4, -0.2) is 13.0 Å². The van der Waals surface area contributed by atoms with E-state index in [9.17, 15) is 4.79 Å². The minimum absolute atomic E-state index is 0.0460. The third-order valence-corrected chi connectivity index (χ3v) is 2.99. The molecule has 0 saturated heterocycles. The third kappa shape index (κ3) is 1.67. The molecular formula is C13H15NO. The van der Waals surface area contributed by atoms with Gasteiger partial charge in [-0.15, -0.1) is 0 Å². The lowest BCUT2D eigenvalue weighted by Crippen LogP contribution is -2.24. The van der Waals surface area contributed by atoms with Crippen molar-refractivity contribution in [3.63, 3.8) is 0 Å². The average molecular weight is 201 g/mol. The molecule has 2 rings (SSSR count). The second-order valence-corrected chi connectivity index (χ2v) is 3.87. The zero-order valence-corrected chi connectivity index (χ0v) is 8.99. The topological polar surface area (TPSA) is 20.3 Å². The largest absolute Gasteiger partial charge is 0.312 e. The number of carbonyl (C=O) groups excluding carboxylic acids is 1. The maximum atomic E-state index is 11.5. The molecule has 0 unspecified atom stereocenters. The van der Waals surface area contributed by atoms with Crippen molar-refractivity contribution in [2.75, 3.05) is 11.9 Å². The summed E-state index contributed by atoms with van der Waals surface area (Å²) in [7, 11) is 1.80. The van der Waals surface area contributed by atoms with Crippen LogP contribution in [0, 0.1) is 0 Å². The minimum atomic E-state index is -0.0460. The molecule has 0 radical (unpaired) electrons.